The van der Waals surface area contributed by atoms with E-state index in [1.54, 1.807) is 7.11 Å². The Labute approximate surface area is 155 Å². The fourth-order valence-corrected chi connectivity index (χ4v) is 3.15. The summed E-state index contributed by atoms with van der Waals surface area (Å²) in [6, 6.07) is 11.4. The SMILES string of the molecule is COc1ccc(Br)cc1C[NH+](C)CC(=O)Nc1ccc(C)cc1Cl. The fourth-order valence-electron chi connectivity index (χ4n) is 2.46. The van der Waals surface area contributed by atoms with Crippen LogP contribution in [-0.2, 0) is 11.3 Å². The number of hydrogen-bond donors (Lipinski definition) is 2. The number of carbonyl (C=O) groups excluding carboxylic acids is 1. The van der Waals surface area contributed by atoms with E-state index in [1.165, 1.54) is 0 Å². The molecule has 0 aromatic heterocycles. The van der Waals surface area contributed by atoms with Gasteiger partial charge in [0, 0.05) is 10.0 Å². The maximum atomic E-state index is 12.2. The molecule has 1 unspecified atom stereocenters. The molecular weight excluding hydrogens is 392 g/mol. The van der Waals surface area contributed by atoms with Crippen molar-refractivity contribution in [1.29, 1.82) is 0 Å². The third-order valence-electron chi connectivity index (χ3n) is 3.60. The van der Waals surface area contributed by atoms with Crippen LogP contribution < -0.4 is 15.0 Å². The van der Waals surface area contributed by atoms with E-state index in [1.807, 2.05) is 50.4 Å². The molecule has 6 heteroatoms. The van der Waals surface area contributed by atoms with Gasteiger partial charge in [0.1, 0.15) is 12.3 Å². The van der Waals surface area contributed by atoms with E-state index in [9.17, 15) is 4.79 Å². The highest BCUT2D eigenvalue weighted by molar-refractivity contribution is 9.10. The summed E-state index contributed by atoms with van der Waals surface area (Å²) in [5, 5.41) is 3.41. The first-order valence-electron chi connectivity index (χ1n) is 7.58. The van der Waals surface area contributed by atoms with Crippen LogP contribution in [0.1, 0.15) is 11.1 Å². The smallest absolute Gasteiger partial charge is 0.279 e. The van der Waals surface area contributed by atoms with Crippen LogP contribution in [0.3, 0.4) is 0 Å². The predicted octanol–water partition coefficient (Wildman–Crippen LogP) is 3.07. The highest BCUT2D eigenvalue weighted by atomic mass is 79.9. The Morgan fingerprint density at radius 2 is 2.04 bits per heavy atom. The number of nitrogens with one attached hydrogen (secondary N) is 2. The number of benzene rings is 2. The maximum absolute atomic E-state index is 12.2. The molecule has 24 heavy (non-hydrogen) atoms. The minimum absolute atomic E-state index is 0.0767. The number of hydrogen-bond acceptors (Lipinski definition) is 2. The van der Waals surface area contributed by atoms with E-state index in [-0.39, 0.29) is 5.91 Å². The summed E-state index contributed by atoms with van der Waals surface area (Å²) in [6.07, 6.45) is 0. The molecule has 2 N–H and O–H groups in total. The van der Waals surface area contributed by atoms with Crippen LogP contribution in [0, 0.1) is 6.92 Å². The van der Waals surface area contributed by atoms with Gasteiger partial charge >= 0.3 is 0 Å². The molecule has 1 amide bonds. The maximum Gasteiger partial charge on any atom is 0.279 e. The third-order valence-corrected chi connectivity index (χ3v) is 4.40. The van der Waals surface area contributed by atoms with Crippen molar-refractivity contribution in [3.8, 4) is 5.75 Å². The highest BCUT2D eigenvalue weighted by Gasteiger charge is 2.15. The van der Waals surface area contributed by atoms with Gasteiger partial charge in [-0.2, -0.15) is 0 Å². The van der Waals surface area contributed by atoms with E-state index in [0.717, 1.165) is 26.2 Å². The van der Waals surface area contributed by atoms with Crippen LogP contribution in [0.4, 0.5) is 5.69 Å². The number of anilines is 1. The van der Waals surface area contributed by atoms with Crippen molar-refractivity contribution in [2.75, 3.05) is 26.0 Å². The number of ether oxygens (including phenoxy) is 1. The lowest BCUT2D eigenvalue weighted by atomic mass is 10.2. The zero-order valence-corrected chi connectivity index (χ0v) is 16.3. The Kier molecular flexibility index (Phi) is 6.66. The van der Waals surface area contributed by atoms with E-state index in [4.69, 9.17) is 16.3 Å². The van der Waals surface area contributed by atoms with Crippen molar-refractivity contribution < 1.29 is 14.4 Å². The first kappa shape index (κ1) is 18.8. The summed E-state index contributed by atoms with van der Waals surface area (Å²) in [5.41, 5.74) is 2.74. The summed E-state index contributed by atoms with van der Waals surface area (Å²) in [6.45, 7) is 2.97. The largest absolute Gasteiger partial charge is 0.496 e. The lowest BCUT2D eigenvalue weighted by Crippen LogP contribution is -3.08. The molecule has 0 aliphatic carbocycles. The van der Waals surface area contributed by atoms with Crippen molar-refractivity contribution in [3.05, 3.63) is 57.0 Å². The Bertz CT molecular complexity index is 737. The second-order valence-electron chi connectivity index (χ2n) is 5.80. The Morgan fingerprint density at radius 3 is 2.71 bits per heavy atom. The van der Waals surface area contributed by atoms with Gasteiger partial charge in [0.15, 0.2) is 6.54 Å². The topological polar surface area (TPSA) is 42.8 Å². The van der Waals surface area contributed by atoms with Crippen molar-refractivity contribution in [2.24, 2.45) is 0 Å². The average Bonchev–Trinajstić information content (AvgIpc) is 2.50. The zero-order chi connectivity index (χ0) is 17.7. The van der Waals surface area contributed by atoms with Gasteiger partial charge in [0.2, 0.25) is 0 Å². The molecule has 0 heterocycles. The van der Waals surface area contributed by atoms with Gasteiger partial charge < -0.3 is 15.0 Å². The molecule has 4 nitrogen and oxygen atoms in total. The van der Waals surface area contributed by atoms with Crippen LogP contribution in [0.15, 0.2) is 40.9 Å². The first-order valence-corrected chi connectivity index (χ1v) is 8.76. The van der Waals surface area contributed by atoms with Crippen molar-refractivity contribution in [3.63, 3.8) is 0 Å². The quantitative estimate of drug-likeness (QED) is 0.766. The highest BCUT2D eigenvalue weighted by Crippen LogP contribution is 2.23. The van der Waals surface area contributed by atoms with Crippen LogP contribution >= 0.6 is 27.5 Å². The van der Waals surface area contributed by atoms with Crippen LogP contribution in [0.25, 0.3) is 0 Å². The predicted molar refractivity (Wildman–Crippen MR) is 101 cm³/mol. The average molecular weight is 413 g/mol. The standard InChI is InChI=1S/C18H20BrClN2O2/c1-12-4-6-16(15(20)8-12)21-18(23)11-22(2)10-13-9-14(19)5-7-17(13)24-3/h4-9H,10-11H2,1-3H3,(H,21,23)/p+1. The lowest BCUT2D eigenvalue weighted by molar-refractivity contribution is -0.885. The summed E-state index contributed by atoms with van der Waals surface area (Å²) in [5.74, 6) is 0.742. The Balaban J connectivity index is 1.98. The second-order valence-corrected chi connectivity index (χ2v) is 7.12. The second kappa shape index (κ2) is 8.51. The first-order chi connectivity index (χ1) is 11.4. The van der Waals surface area contributed by atoms with E-state index < -0.39 is 0 Å². The van der Waals surface area contributed by atoms with Gasteiger partial charge in [0.25, 0.3) is 5.91 Å². The molecule has 1 atom stereocenters. The van der Waals surface area contributed by atoms with Crippen molar-refractivity contribution >= 4 is 39.1 Å². The molecule has 0 fully saturated rings. The molecule has 0 aliphatic rings. The van der Waals surface area contributed by atoms with Gasteiger partial charge in [-0.25, -0.2) is 0 Å². The monoisotopic (exact) mass is 411 g/mol. The lowest BCUT2D eigenvalue weighted by Gasteiger charge is -2.16. The summed E-state index contributed by atoms with van der Waals surface area (Å²) in [7, 11) is 3.62. The van der Waals surface area contributed by atoms with Crippen LogP contribution in [0.5, 0.6) is 5.75 Å². The molecule has 0 radical (unpaired) electrons. The van der Waals surface area contributed by atoms with E-state index >= 15 is 0 Å². The minimum Gasteiger partial charge on any atom is -0.496 e. The zero-order valence-electron chi connectivity index (χ0n) is 14.0. The van der Waals surface area contributed by atoms with Gasteiger partial charge in [0.05, 0.1) is 24.9 Å². The van der Waals surface area contributed by atoms with Crippen LogP contribution in [-0.4, -0.2) is 26.6 Å². The molecule has 0 spiro atoms. The number of aryl methyl sites for hydroxylation is 1. The number of likely N-dealkylation sites (N-methyl/N-ethyl adjacent to an activating group) is 1. The molecule has 0 aliphatic heterocycles. The number of halogens is 2. The van der Waals surface area contributed by atoms with Crippen LogP contribution in [0.2, 0.25) is 5.02 Å². The summed E-state index contributed by atoms with van der Waals surface area (Å²) >= 11 is 9.62. The van der Waals surface area contributed by atoms with Crippen molar-refractivity contribution in [1.82, 2.24) is 0 Å². The number of methoxy groups -OCH3 is 1. The van der Waals surface area contributed by atoms with E-state index in [2.05, 4.69) is 21.2 Å². The molecule has 2 rings (SSSR count). The van der Waals surface area contributed by atoms with Gasteiger partial charge in [-0.15, -0.1) is 0 Å². The molecule has 128 valence electrons. The Hall–Kier alpha value is -1.56. The Morgan fingerprint density at radius 1 is 1.29 bits per heavy atom. The molecular formula is C18H21BrClN2O2+. The molecule has 0 bridgehead atoms. The van der Waals surface area contributed by atoms with Crippen molar-refractivity contribution in [2.45, 2.75) is 13.5 Å². The van der Waals surface area contributed by atoms with Gasteiger partial charge in [-0.3, -0.25) is 4.79 Å². The summed E-state index contributed by atoms with van der Waals surface area (Å²) < 4.78 is 6.36. The third kappa shape index (κ3) is 5.23. The van der Waals surface area contributed by atoms with Gasteiger partial charge in [-0.05, 0) is 42.8 Å². The minimum atomic E-state index is -0.0767. The molecule has 0 saturated carbocycles. The normalized spacial score (nSPS) is 11.9. The summed E-state index contributed by atoms with van der Waals surface area (Å²) in [4.78, 5) is 13.3. The number of quaternary nitrogens is 1. The molecule has 2 aromatic carbocycles. The molecule has 2 aromatic rings. The van der Waals surface area contributed by atoms with E-state index in [0.29, 0.717) is 23.8 Å². The fraction of sp³-hybridized carbons (Fsp3) is 0.278. The number of rotatable bonds is 6. The number of carbonyl (C=O) groups is 1. The van der Waals surface area contributed by atoms with Gasteiger partial charge in [-0.1, -0.05) is 33.6 Å². The molecule has 0 saturated heterocycles. The number of amides is 1.